The lowest BCUT2D eigenvalue weighted by molar-refractivity contribution is -0.119. The number of nitrogens with zero attached hydrogens (tertiary/aromatic N) is 5. The average Bonchev–Trinajstić information content (AvgIpc) is 3.88. The number of aromatic nitrogens is 5. The van der Waals surface area contributed by atoms with E-state index in [1.54, 1.807) is 27.8 Å². The highest BCUT2D eigenvalue weighted by atomic mass is 28.3. The first-order chi connectivity index (χ1) is 20.5. The Kier molecular flexibility index (Phi) is 9.17. The summed E-state index contributed by atoms with van der Waals surface area (Å²) in [4.78, 5) is 31.3. The smallest absolute Gasteiger partial charge is 0.270 e. The molecule has 12 heteroatoms. The van der Waals surface area contributed by atoms with E-state index in [1.807, 2.05) is 20.8 Å². The zero-order chi connectivity index (χ0) is 30.9. The Morgan fingerprint density at radius 1 is 1.14 bits per heavy atom. The molecule has 10 nitrogen and oxygen atoms in total. The highest BCUT2D eigenvalue weighted by molar-refractivity contribution is 6.76. The maximum absolute atomic E-state index is 15.5. The van der Waals surface area contributed by atoms with E-state index in [1.165, 1.54) is 6.07 Å². The van der Waals surface area contributed by atoms with Crippen molar-refractivity contribution in [3.63, 3.8) is 0 Å². The van der Waals surface area contributed by atoms with Gasteiger partial charge >= 0.3 is 0 Å². The van der Waals surface area contributed by atoms with E-state index in [9.17, 15) is 9.59 Å². The molecule has 2 saturated carbocycles. The summed E-state index contributed by atoms with van der Waals surface area (Å²) in [5.41, 5.74) is 3.36. The summed E-state index contributed by atoms with van der Waals surface area (Å²) >= 11 is 0. The van der Waals surface area contributed by atoms with Gasteiger partial charge in [-0.1, -0.05) is 19.6 Å². The molecule has 43 heavy (non-hydrogen) atoms. The van der Waals surface area contributed by atoms with E-state index in [0.29, 0.717) is 43.0 Å². The third-order valence-electron chi connectivity index (χ3n) is 8.50. The zero-order valence-electron chi connectivity index (χ0n) is 26.1. The molecule has 0 spiro atoms. The number of carbonyl (C=O) groups excluding carboxylic acids is 2. The van der Waals surface area contributed by atoms with E-state index < -0.39 is 25.8 Å². The van der Waals surface area contributed by atoms with Crippen LogP contribution in [0.5, 0.6) is 0 Å². The van der Waals surface area contributed by atoms with Crippen molar-refractivity contribution in [3.05, 3.63) is 47.4 Å². The molecule has 2 fully saturated rings. The first-order valence-corrected chi connectivity index (χ1v) is 19.1. The van der Waals surface area contributed by atoms with Gasteiger partial charge in [0.05, 0.1) is 5.69 Å². The number of ether oxygens (including phenoxy) is 1. The number of halogens is 1. The number of rotatable bonds is 14. The predicted molar refractivity (Wildman–Crippen MR) is 166 cm³/mol. The fraction of sp³-hybridized carbons (Fsp3) is 0.581. The van der Waals surface area contributed by atoms with Crippen LogP contribution in [-0.2, 0) is 22.8 Å². The number of pyridine rings is 1. The molecule has 0 aliphatic heterocycles. The third kappa shape index (κ3) is 7.41. The van der Waals surface area contributed by atoms with Gasteiger partial charge in [0.2, 0.25) is 5.91 Å². The number of hydrogen-bond donors (Lipinski definition) is 2. The maximum atomic E-state index is 15.5. The molecular weight excluding hydrogens is 565 g/mol. The summed E-state index contributed by atoms with van der Waals surface area (Å²) in [6.07, 6.45) is 7.26. The molecule has 2 aliphatic rings. The largest absolute Gasteiger partial charge is 0.360 e. The van der Waals surface area contributed by atoms with Crippen LogP contribution in [0.1, 0.15) is 54.5 Å². The molecule has 5 rings (SSSR count). The molecule has 3 heterocycles. The Morgan fingerprint density at radius 3 is 2.44 bits per heavy atom. The van der Waals surface area contributed by atoms with Gasteiger partial charge in [-0.25, -0.2) is 14.1 Å². The number of anilines is 1. The van der Waals surface area contributed by atoms with Crippen molar-refractivity contribution in [1.29, 1.82) is 0 Å². The van der Waals surface area contributed by atoms with Gasteiger partial charge < -0.3 is 15.4 Å². The summed E-state index contributed by atoms with van der Waals surface area (Å²) in [5.74, 6) is -0.852. The Labute approximate surface area is 253 Å². The topological polar surface area (TPSA) is 116 Å². The lowest BCUT2D eigenvalue weighted by Gasteiger charge is -2.27. The molecule has 2 N–H and O–H groups in total. The standard InChI is InChI=1S/C31H44FN7O3Si/c1-7-38-25(12-13-34-38)30(40)35-28(27(21-8-9-21)22-10-11-22)31(41)36-29-24(32)16-23(17-33-29)26-19(2)37-39(20(26)3)18-42-14-15-43(4,5)6/h12-13,16-17,21-22,27-28H,7-11,14-15,18H2,1-6H3,(H,35,40)(H,33,36,41). The fourth-order valence-corrected chi connectivity index (χ4v) is 6.61. The van der Waals surface area contributed by atoms with Crippen molar-refractivity contribution in [2.45, 2.75) is 91.5 Å². The summed E-state index contributed by atoms with van der Waals surface area (Å²) in [6.45, 7) is 14.2. The van der Waals surface area contributed by atoms with Crippen LogP contribution in [-0.4, -0.2) is 57.1 Å². The molecule has 0 saturated heterocycles. The van der Waals surface area contributed by atoms with Gasteiger partial charge in [-0.2, -0.15) is 10.2 Å². The van der Waals surface area contributed by atoms with Crippen LogP contribution in [0.3, 0.4) is 0 Å². The normalized spacial score (nSPS) is 16.0. The lowest BCUT2D eigenvalue weighted by Crippen LogP contribution is -2.50. The van der Waals surface area contributed by atoms with Crippen LogP contribution >= 0.6 is 0 Å². The molecule has 2 aliphatic carbocycles. The summed E-state index contributed by atoms with van der Waals surface area (Å²) in [5, 5.41) is 14.5. The van der Waals surface area contributed by atoms with Crippen molar-refractivity contribution >= 4 is 25.7 Å². The second-order valence-corrected chi connectivity index (χ2v) is 18.8. The van der Waals surface area contributed by atoms with E-state index in [0.717, 1.165) is 48.7 Å². The third-order valence-corrected chi connectivity index (χ3v) is 10.2. The molecular formula is C31H44FN7O3Si. The molecule has 1 unspecified atom stereocenters. The first kappa shape index (κ1) is 31.1. The Balaban J connectivity index is 1.32. The van der Waals surface area contributed by atoms with Gasteiger partial charge in [0.25, 0.3) is 5.91 Å². The molecule has 0 aromatic carbocycles. The molecule has 3 aromatic heterocycles. The number of hydrogen-bond acceptors (Lipinski definition) is 6. The second kappa shape index (κ2) is 12.7. The number of nitrogens with one attached hydrogen (secondary N) is 2. The highest BCUT2D eigenvalue weighted by Gasteiger charge is 2.48. The van der Waals surface area contributed by atoms with Crippen LogP contribution in [0.15, 0.2) is 24.5 Å². The lowest BCUT2D eigenvalue weighted by atomic mass is 9.88. The van der Waals surface area contributed by atoms with Crippen molar-refractivity contribution in [2.75, 3.05) is 11.9 Å². The molecule has 3 aromatic rings. The van der Waals surface area contributed by atoms with Crippen molar-refractivity contribution in [3.8, 4) is 11.1 Å². The Hall–Kier alpha value is -3.38. The van der Waals surface area contributed by atoms with Gasteiger partial charge in [0.15, 0.2) is 11.6 Å². The first-order valence-electron chi connectivity index (χ1n) is 15.4. The van der Waals surface area contributed by atoms with Crippen LogP contribution in [0, 0.1) is 37.4 Å². The molecule has 1 atom stereocenters. The fourth-order valence-electron chi connectivity index (χ4n) is 5.85. The van der Waals surface area contributed by atoms with Crippen LogP contribution < -0.4 is 10.6 Å². The summed E-state index contributed by atoms with van der Waals surface area (Å²) in [6, 6.07) is 3.29. The SMILES string of the molecule is CCn1nccc1C(=O)NC(C(=O)Nc1ncc(-c2c(C)nn(COCC[Si](C)(C)C)c2C)cc1F)C(C1CC1)C1CC1. The van der Waals surface area contributed by atoms with Crippen LogP contribution in [0.4, 0.5) is 10.2 Å². The quantitative estimate of drug-likeness (QED) is 0.187. The van der Waals surface area contributed by atoms with Gasteiger partial charge in [-0.05, 0) is 82.4 Å². The summed E-state index contributed by atoms with van der Waals surface area (Å²) < 4.78 is 24.8. The van der Waals surface area contributed by atoms with E-state index in [2.05, 4.69) is 45.5 Å². The monoisotopic (exact) mass is 609 g/mol. The van der Waals surface area contributed by atoms with Crippen LogP contribution in [0.2, 0.25) is 25.7 Å². The highest BCUT2D eigenvalue weighted by Crippen LogP contribution is 2.51. The van der Waals surface area contributed by atoms with E-state index >= 15 is 4.39 Å². The molecule has 0 bridgehead atoms. The minimum atomic E-state index is -1.19. The van der Waals surface area contributed by atoms with Gasteiger partial charge in [-0.3, -0.25) is 14.3 Å². The predicted octanol–water partition coefficient (Wildman–Crippen LogP) is 5.40. The minimum absolute atomic E-state index is 0.00776. The maximum Gasteiger partial charge on any atom is 0.270 e. The van der Waals surface area contributed by atoms with Crippen LogP contribution in [0.25, 0.3) is 11.1 Å². The molecule has 2 amide bonds. The number of carbonyl (C=O) groups is 2. The molecule has 0 radical (unpaired) electrons. The van der Waals surface area contributed by atoms with Crippen molar-refractivity contribution in [2.24, 2.45) is 17.8 Å². The minimum Gasteiger partial charge on any atom is -0.360 e. The van der Waals surface area contributed by atoms with Gasteiger partial charge in [0, 0.05) is 50.4 Å². The van der Waals surface area contributed by atoms with Gasteiger partial charge in [0.1, 0.15) is 18.5 Å². The average molecular weight is 610 g/mol. The van der Waals surface area contributed by atoms with Gasteiger partial charge in [-0.15, -0.1) is 0 Å². The van der Waals surface area contributed by atoms with E-state index in [-0.39, 0.29) is 17.6 Å². The number of amides is 2. The van der Waals surface area contributed by atoms with Crippen molar-refractivity contribution in [1.82, 2.24) is 29.9 Å². The second-order valence-electron chi connectivity index (χ2n) is 13.2. The summed E-state index contributed by atoms with van der Waals surface area (Å²) in [7, 11) is -1.19. The Morgan fingerprint density at radius 2 is 1.84 bits per heavy atom. The Bertz CT molecular complexity index is 1460. The molecule has 232 valence electrons. The number of aryl methyl sites for hydroxylation is 2. The van der Waals surface area contributed by atoms with Crippen molar-refractivity contribution < 1.29 is 18.7 Å². The van der Waals surface area contributed by atoms with E-state index in [4.69, 9.17) is 4.74 Å². The zero-order valence-corrected chi connectivity index (χ0v) is 27.1.